The molecule has 3 aromatic heterocycles. The van der Waals surface area contributed by atoms with Crippen molar-refractivity contribution in [3.05, 3.63) is 40.3 Å². The third-order valence-corrected chi connectivity index (χ3v) is 4.13. The number of nitrogens with one attached hydrogen (secondary N) is 1. The van der Waals surface area contributed by atoms with Crippen LogP contribution in [0, 0.1) is 0 Å². The molecule has 0 spiro atoms. The Kier molecular flexibility index (Phi) is 4.18. The van der Waals surface area contributed by atoms with Gasteiger partial charge in [0.1, 0.15) is 5.82 Å². The van der Waals surface area contributed by atoms with Gasteiger partial charge in [0, 0.05) is 11.5 Å². The van der Waals surface area contributed by atoms with E-state index in [-0.39, 0.29) is 24.1 Å². The lowest BCUT2D eigenvalue weighted by Crippen LogP contribution is -2.16. The maximum absolute atomic E-state index is 12.9. The zero-order valence-electron chi connectivity index (χ0n) is 11.7. The fourth-order valence-electron chi connectivity index (χ4n) is 2.13. The molecule has 0 saturated carbocycles. The van der Waals surface area contributed by atoms with Gasteiger partial charge in [-0.1, -0.05) is 6.07 Å². The van der Waals surface area contributed by atoms with Crippen molar-refractivity contribution in [3.8, 4) is 0 Å². The molecule has 0 aliphatic heterocycles. The Morgan fingerprint density at radius 2 is 2.09 bits per heavy atom. The van der Waals surface area contributed by atoms with Gasteiger partial charge in [0.2, 0.25) is 0 Å². The van der Waals surface area contributed by atoms with Crippen molar-refractivity contribution in [2.75, 3.05) is 11.9 Å². The van der Waals surface area contributed by atoms with E-state index in [0.717, 1.165) is 4.88 Å². The molecule has 3 rings (SSSR count). The highest BCUT2D eigenvalue weighted by atomic mass is 32.1. The van der Waals surface area contributed by atoms with Gasteiger partial charge in [0.05, 0.1) is 6.04 Å². The van der Waals surface area contributed by atoms with Gasteiger partial charge >= 0.3 is 6.18 Å². The van der Waals surface area contributed by atoms with E-state index in [1.54, 1.807) is 0 Å². The SMILES string of the molecule is OCCC(Nc1ccc2nnc(C(F)(F)F)n2n1)c1cccs1. The zero-order valence-corrected chi connectivity index (χ0v) is 12.5. The van der Waals surface area contributed by atoms with E-state index in [1.165, 1.54) is 23.5 Å². The van der Waals surface area contributed by atoms with E-state index in [9.17, 15) is 18.3 Å². The molecule has 0 fully saturated rings. The second-order valence-electron chi connectivity index (χ2n) is 4.73. The number of anilines is 1. The fourth-order valence-corrected chi connectivity index (χ4v) is 2.94. The number of aromatic nitrogens is 4. The third-order valence-electron chi connectivity index (χ3n) is 3.14. The molecule has 10 heteroatoms. The highest BCUT2D eigenvalue weighted by Gasteiger charge is 2.37. The number of aliphatic hydroxyl groups is 1. The lowest BCUT2D eigenvalue weighted by atomic mass is 10.2. The molecule has 0 aliphatic carbocycles. The molecule has 23 heavy (non-hydrogen) atoms. The number of nitrogens with zero attached hydrogens (tertiary/aromatic N) is 4. The standard InChI is InChI=1S/C13H12F3N5OS/c14-13(15,16)12-19-18-11-4-3-10(20-21(11)12)17-8(5-6-22)9-2-1-7-23-9/h1-4,7-8,22H,5-6H2,(H,17,20). The number of aliphatic hydroxyl groups excluding tert-OH is 1. The summed E-state index contributed by atoms with van der Waals surface area (Å²) in [5.41, 5.74) is 0.0118. The molecular weight excluding hydrogens is 331 g/mol. The number of alkyl halides is 3. The van der Waals surface area contributed by atoms with Crippen LogP contribution in [0.2, 0.25) is 0 Å². The van der Waals surface area contributed by atoms with E-state index < -0.39 is 12.0 Å². The van der Waals surface area contributed by atoms with E-state index >= 15 is 0 Å². The summed E-state index contributed by atoms with van der Waals surface area (Å²) in [6.45, 7) is -0.0573. The molecule has 6 nitrogen and oxygen atoms in total. The van der Waals surface area contributed by atoms with E-state index in [0.29, 0.717) is 10.9 Å². The van der Waals surface area contributed by atoms with Gasteiger partial charge in [-0.2, -0.15) is 17.7 Å². The Labute approximate surface area is 132 Å². The molecule has 2 N–H and O–H groups in total. The lowest BCUT2D eigenvalue weighted by molar-refractivity contribution is -0.146. The van der Waals surface area contributed by atoms with Gasteiger partial charge in [-0.3, -0.25) is 0 Å². The summed E-state index contributed by atoms with van der Waals surface area (Å²) in [5.74, 6) is -0.930. The Balaban J connectivity index is 1.93. The lowest BCUT2D eigenvalue weighted by Gasteiger charge is -2.17. The summed E-state index contributed by atoms with van der Waals surface area (Å²) in [6, 6.07) is 6.45. The van der Waals surface area contributed by atoms with Crippen LogP contribution in [0.15, 0.2) is 29.6 Å². The molecule has 0 amide bonds. The summed E-state index contributed by atoms with van der Waals surface area (Å²) < 4.78 is 39.3. The van der Waals surface area contributed by atoms with Crippen LogP contribution in [0.25, 0.3) is 5.65 Å². The van der Waals surface area contributed by atoms with E-state index in [4.69, 9.17) is 0 Å². The smallest absolute Gasteiger partial charge is 0.396 e. The van der Waals surface area contributed by atoms with Crippen molar-refractivity contribution in [2.45, 2.75) is 18.6 Å². The number of thiophene rings is 1. The van der Waals surface area contributed by atoms with Crippen LogP contribution in [-0.2, 0) is 6.18 Å². The predicted molar refractivity (Wildman–Crippen MR) is 78.2 cm³/mol. The highest BCUT2D eigenvalue weighted by molar-refractivity contribution is 7.10. The number of hydrogen-bond donors (Lipinski definition) is 2. The first-order valence-corrected chi connectivity index (χ1v) is 7.57. The predicted octanol–water partition coefficient (Wildman–Crippen LogP) is 2.74. The number of halogens is 3. The van der Waals surface area contributed by atoms with Gasteiger partial charge < -0.3 is 10.4 Å². The van der Waals surface area contributed by atoms with Gasteiger partial charge in [-0.05, 0) is 30.0 Å². The van der Waals surface area contributed by atoms with Crippen LogP contribution in [-0.4, -0.2) is 31.5 Å². The molecule has 122 valence electrons. The largest absolute Gasteiger partial charge is 0.453 e. The maximum atomic E-state index is 12.9. The van der Waals surface area contributed by atoms with Crippen molar-refractivity contribution >= 4 is 22.8 Å². The van der Waals surface area contributed by atoms with E-state index in [1.807, 2.05) is 17.5 Å². The van der Waals surface area contributed by atoms with Gasteiger partial charge in [-0.15, -0.1) is 26.6 Å². The summed E-state index contributed by atoms with van der Waals surface area (Å²) in [6.07, 6.45) is -4.22. The number of rotatable bonds is 5. The molecule has 0 radical (unpaired) electrons. The average Bonchev–Trinajstić information content (AvgIpc) is 3.15. The summed E-state index contributed by atoms with van der Waals surface area (Å²) >= 11 is 1.49. The molecule has 0 aromatic carbocycles. The Morgan fingerprint density at radius 1 is 1.26 bits per heavy atom. The van der Waals surface area contributed by atoms with Crippen LogP contribution >= 0.6 is 11.3 Å². The number of hydrogen-bond acceptors (Lipinski definition) is 6. The quantitative estimate of drug-likeness (QED) is 0.745. The summed E-state index contributed by atoms with van der Waals surface area (Å²) in [5, 5.41) is 24.6. The topological polar surface area (TPSA) is 75.3 Å². The minimum Gasteiger partial charge on any atom is -0.396 e. The summed E-state index contributed by atoms with van der Waals surface area (Å²) in [7, 11) is 0. The molecule has 1 unspecified atom stereocenters. The first kappa shape index (κ1) is 15.7. The van der Waals surface area contributed by atoms with Crippen molar-refractivity contribution in [1.82, 2.24) is 19.8 Å². The minimum atomic E-state index is -4.64. The third kappa shape index (κ3) is 3.27. The highest BCUT2D eigenvalue weighted by Crippen LogP contribution is 2.29. The van der Waals surface area contributed by atoms with E-state index in [2.05, 4.69) is 20.6 Å². The van der Waals surface area contributed by atoms with Crippen LogP contribution in [0.5, 0.6) is 0 Å². The second-order valence-corrected chi connectivity index (χ2v) is 5.71. The second kappa shape index (κ2) is 6.13. The molecule has 3 aromatic rings. The minimum absolute atomic E-state index is 0.0118. The first-order chi connectivity index (χ1) is 11.0. The van der Waals surface area contributed by atoms with Gasteiger partial charge in [0.15, 0.2) is 5.65 Å². The molecule has 3 heterocycles. The molecular formula is C13H12F3N5OS. The van der Waals surface area contributed by atoms with Crippen molar-refractivity contribution in [3.63, 3.8) is 0 Å². The summed E-state index contributed by atoms with van der Waals surface area (Å²) in [4.78, 5) is 0.959. The fraction of sp³-hybridized carbons (Fsp3) is 0.308. The normalized spacial score (nSPS) is 13.4. The molecule has 0 aliphatic rings. The van der Waals surface area contributed by atoms with Crippen LogP contribution in [0.4, 0.5) is 19.0 Å². The van der Waals surface area contributed by atoms with Crippen LogP contribution in [0.3, 0.4) is 0 Å². The van der Waals surface area contributed by atoms with Crippen LogP contribution in [0.1, 0.15) is 23.2 Å². The monoisotopic (exact) mass is 343 g/mol. The number of fused-ring (bicyclic) bond motifs is 1. The molecule has 0 bridgehead atoms. The maximum Gasteiger partial charge on any atom is 0.453 e. The Bertz CT molecular complexity index is 787. The van der Waals surface area contributed by atoms with Gasteiger partial charge in [-0.25, -0.2) is 0 Å². The van der Waals surface area contributed by atoms with Crippen molar-refractivity contribution < 1.29 is 18.3 Å². The molecule has 1 atom stereocenters. The molecule has 0 saturated heterocycles. The van der Waals surface area contributed by atoms with Gasteiger partial charge in [0.25, 0.3) is 5.82 Å². The van der Waals surface area contributed by atoms with Crippen LogP contribution < -0.4 is 5.32 Å². The Morgan fingerprint density at radius 3 is 2.74 bits per heavy atom. The van der Waals surface area contributed by atoms with Crippen molar-refractivity contribution in [1.29, 1.82) is 0 Å². The average molecular weight is 343 g/mol. The van der Waals surface area contributed by atoms with Crippen molar-refractivity contribution in [2.24, 2.45) is 0 Å². The first-order valence-electron chi connectivity index (χ1n) is 6.69. The zero-order chi connectivity index (χ0) is 16.4. The Hall–Kier alpha value is -2.20.